The van der Waals surface area contributed by atoms with Gasteiger partial charge in [0.05, 0.1) is 17.2 Å². The molecule has 2 rings (SSSR count). The van der Waals surface area contributed by atoms with Crippen LogP contribution >= 0.6 is 11.8 Å². The van der Waals surface area contributed by atoms with Gasteiger partial charge in [-0.15, -0.1) is 11.8 Å². The number of aliphatic hydroxyl groups is 1. The number of hydrogen-bond acceptors (Lipinski definition) is 9. The average molecular weight is 595 g/mol. The number of amides is 2. The third kappa shape index (κ3) is 13.0. The van der Waals surface area contributed by atoms with Crippen molar-refractivity contribution in [2.24, 2.45) is 5.41 Å². The van der Waals surface area contributed by atoms with Gasteiger partial charge in [-0.05, 0) is 62.5 Å². The van der Waals surface area contributed by atoms with Crippen LogP contribution in [0.25, 0.3) is 0 Å². The lowest BCUT2D eigenvalue weighted by Gasteiger charge is -2.31. The fourth-order valence-corrected chi connectivity index (χ4v) is 4.35. The summed E-state index contributed by atoms with van der Waals surface area (Å²) in [7, 11) is 0. The van der Waals surface area contributed by atoms with Gasteiger partial charge in [-0.3, -0.25) is 14.4 Å². The number of carboxylic acid groups (broad SMARTS) is 1. The van der Waals surface area contributed by atoms with Gasteiger partial charge in [0.15, 0.2) is 6.10 Å². The number of aliphatic hydroxyl groups excluding tert-OH is 1. The van der Waals surface area contributed by atoms with Gasteiger partial charge in [0.2, 0.25) is 18.1 Å². The van der Waals surface area contributed by atoms with E-state index in [2.05, 4.69) is 17.2 Å². The quantitative estimate of drug-likeness (QED) is 0.163. The molecule has 228 valence electrons. The van der Waals surface area contributed by atoms with Gasteiger partial charge in [-0.25, -0.2) is 4.79 Å². The van der Waals surface area contributed by atoms with Gasteiger partial charge >= 0.3 is 11.9 Å². The van der Waals surface area contributed by atoms with Crippen LogP contribution in [0.15, 0.2) is 30.2 Å². The molecule has 0 radical (unpaired) electrons. The van der Waals surface area contributed by atoms with Gasteiger partial charge in [-0.2, -0.15) is 0 Å². The van der Waals surface area contributed by atoms with Crippen molar-refractivity contribution in [3.05, 3.63) is 35.7 Å². The zero-order valence-corrected chi connectivity index (χ0v) is 24.8. The van der Waals surface area contributed by atoms with Gasteiger partial charge in [0.1, 0.15) is 12.4 Å². The van der Waals surface area contributed by atoms with Crippen molar-refractivity contribution >= 4 is 41.2 Å². The summed E-state index contributed by atoms with van der Waals surface area (Å²) >= 11 is 1.65. The van der Waals surface area contributed by atoms with E-state index in [-0.39, 0.29) is 55.7 Å². The smallest absolute Gasteiger partial charge is 0.333 e. The van der Waals surface area contributed by atoms with Crippen molar-refractivity contribution < 1.29 is 43.6 Å². The van der Waals surface area contributed by atoms with E-state index in [1.807, 2.05) is 0 Å². The van der Waals surface area contributed by atoms with E-state index in [1.54, 1.807) is 56.1 Å². The highest BCUT2D eigenvalue weighted by Gasteiger charge is 2.34. The molecule has 0 aliphatic carbocycles. The first-order valence-electron chi connectivity index (χ1n) is 13.7. The minimum absolute atomic E-state index is 0.00409. The topological polar surface area (TPSA) is 160 Å². The second-order valence-corrected chi connectivity index (χ2v) is 11.9. The highest BCUT2D eigenvalue weighted by atomic mass is 32.2. The number of anilines is 1. The van der Waals surface area contributed by atoms with E-state index < -0.39 is 35.8 Å². The SMILES string of the molecule is C=CSCCCCCC(=O)NCCC(=O)Nc1cc(COC(=O)C(C)(C)C)ccc1OC1C[C@@H](O)C[C@@H](C(=O)O)O1. The number of ether oxygens (including phenoxy) is 3. The van der Waals surface area contributed by atoms with E-state index in [0.717, 1.165) is 25.0 Å². The zero-order valence-electron chi connectivity index (χ0n) is 24.0. The van der Waals surface area contributed by atoms with Crippen LogP contribution in [-0.2, 0) is 35.3 Å². The number of rotatable bonds is 16. The maximum atomic E-state index is 12.7. The van der Waals surface area contributed by atoms with Crippen molar-refractivity contribution in [1.29, 1.82) is 0 Å². The summed E-state index contributed by atoms with van der Waals surface area (Å²) in [6, 6.07) is 4.77. The Balaban J connectivity index is 2.01. The molecule has 41 heavy (non-hydrogen) atoms. The van der Waals surface area contributed by atoms with Crippen molar-refractivity contribution in [2.75, 3.05) is 17.6 Å². The van der Waals surface area contributed by atoms with Crippen LogP contribution in [-0.4, -0.2) is 64.8 Å². The monoisotopic (exact) mass is 594 g/mol. The van der Waals surface area contributed by atoms with Crippen LogP contribution < -0.4 is 15.4 Å². The van der Waals surface area contributed by atoms with Crippen LogP contribution in [0, 0.1) is 5.41 Å². The molecule has 3 atom stereocenters. The minimum Gasteiger partial charge on any atom is -0.479 e. The Morgan fingerprint density at radius 2 is 1.88 bits per heavy atom. The Morgan fingerprint density at radius 3 is 2.56 bits per heavy atom. The normalized spacial score (nSPS) is 18.7. The number of carbonyl (C=O) groups excluding carboxylic acids is 3. The Kier molecular flexibility index (Phi) is 14.1. The second-order valence-electron chi connectivity index (χ2n) is 10.8. The second kappa shape index (κ2) is 17.0. The first-order valence-corrected chi connectivity index (χ1v) is 14.8. The number of thioether (sulfide) groups is 1. The average Bonchev–Trinajstić information content (AvgIpc) is 2.89. The molecular formula is C29H42N2O9S. The van der Waals surface area contributed by atoms with Crippen LogP contribution in [0.1, 0.15) is 71.3 Å². The molecule has 1 aliphatic heterocycles. The molecule has 1 saturated heterocycles. The Morgan fingerprint density at radius 1 is 1.12 bits per heavy atom. The number of nitrogens with one attached hydrogen (secondary N) is 2. The highest BCUT2D eigenvalue weighted by molar-refractivity contribution is 8.02. The summed E-state index contributed by atoms with van der Waals surface area (Å²) < 4.78 is 16.7. The number of carbonyl (C=O) groups is 4. The van der Waals surface area contributed by atoms with Crippen molar-refractivity contribution in [3.63, 3.8) is 0 Å². The molecule has 1 fully saturated rings. The van der Waals surface area contributed by atoms with E-state index in [0.29, 0.717) is 12.0 Å². The van der Waals surface area contributed by atoms with Crippen molar-refractivity contribution in [1.82, 2.24) is 5.32 Å². The standard InChI is InChI=1S/C29H42N2O9S/c1-5-41-14-8-6-7-9-24(33)30-13-12-25(34)31-21-15-19(18-38-28(37)29(2,3)4)10-11-22(21)39-26-17-20(32)16-23(40-26)27(35)36/h5,10-11,15,20,23,26,32H,1,6-9,12-14,16-18H2,2-4H3,(H,30,33)(H,31,34)(H,35,36)/t20-,23-,26?/m0/s1. The molecule has 11 nitrogen and oxygen atoms in total. The largest absolute Gasteiger partial charge is 0.479 e. The molecule has 0 aromatic heterocycles. The molecule has 0 bridgehead atoms. The molecular weight excluding hydrogens is 552 g/mol. The first kappa shape index (κ1) is 34.1. The summed E-state index contributed by atoms with van der Waals surface area (Å²) in [4.78, 5) is 48.4. The fourth-order valence-electron chi connectivity index (χ4n) is 3.82. The summed E-state index contributed by atoms with van der Waals surface area (Å²) in [5, 5.41) is 26.7. The van der Waals surface area contributed by atoms with Crippen LogP contribution in [0.3, 0.4) is 0 Å². The number of hydrogen-bond donors (Lipinski definition) is 4. The lowest BCUT2D eigenvalue weighted by atomic mass is 9.97. The molecule has 1 aromatic carbocycles. The lowest BCUT2D eigenvalue weighted by molar-refractivity contribution is -0.195. The summed E-state index contributed by atoms with van der Waals surface area (Å²) in [6.07, 6.45) is -0.133. The van der Waals surface area contributed by atoms with Gasteiger partial charge in [0, 0.05) is 32.2 Å². The predicted molar refractivity (Wildman–Crippen MR) is 155 cm³/mol. The Labute approximate surface area is 245 Å². The Hall–Kier alpha value is -3.09. The number of unbranched alkanes of at least 4 members (excludes halogenated alkanes) is 2. The first-order chi connectivity index (χ1) is 19.4. The molecule has 0 spiro atoms. The third-order valence-electron chi connectivity index (χ3n) is 6.06. The fraction of sp³-hybridized carbons (Fsp3) is 0.586. The van der Waals surface area contributed by atoms with E-state index in [1.165, 1.54) is 0 Å². The maximum Gasteiger partial charge on any atom is 0.333 e. The predicted octanol–water partition coefficient (Wildman–Crippen LogP) is 3.99. The van der Waals surface area contributed by atoms with Crippen molar-refractivity contribution in [3.8, 4) is 5.75 Å². The van der Waals surface area contributed by atoms with E-state index >= 15 is 0 Å². The van der Waals surface area contributed by atoms with Gasteiger partial charge in [0.25, 0.3) is 0 Å². The number of esters is 1. The summed E-state index contributed by atoms with van der Waals surface area (Å²) in [5.74, 6) is -0.957. The van der Waals surface area contributed by atoms with E-state index in [9.17, 15) is 29.4 Å². The molecule has 12 heteroatoms. The number of carboxylic acids is 1. The van der Waals surface area contributed by atoms with Gasteiger partial charge < -0.3 is 35.1 Å². The summed E-state index contributed by atoms with van der Waals surface area (Å²) in [5.41, 5.74) is 0.145. The summed E-state index contributed by atoms with van der Waals surface area (Å²) in [6.45, 7) is 8.98. The molecule has 1 aromatic rings. The molecule has 0 saturated carbocycles. The lowest BCUT2D eigenvalue weighted by Crippen LogP contribution is -2.42. The number of aliphatic carboxylic acids is 1. The van der Waals surface area contributed by atoms with Crippen LogP contribution in [0.5, 0.6) is 5.75 Å². The highest BCUT2D eigenvalue weighted by Crippen LogP contribution is 2.31. The molecule has 2 amide bonds. The molecule has 1 aliphatic rings. The number of benzene rings is 1. The van der Waals surface area contributed by atoms with Crippen LogP contribution in [0.4, 0.5) is 5.69 Å². The Bertz CT molecular complexity index is 1060. The maximum absolute atomic E-state index is 12.7. The van der Waals surface area contributed by atoms with E-state index in [4.69, 9.17) is 14.2 Å². The molecule has 1 unspecified atom stereocenters. The third-order valence-corrected chi connectivity index (χ3v) is 6.82. The molecule has 4 N–H and O–H groups in total. The van der Waals surface area contributed by atoms with Crippen LogP contribution in [0.2, 0.25) is 0 Å². The molecule has 1 heterocycles. The zero-order chi connectivity index (χ0) is 30.4. The van der Waals surface area contributed by atoms with Gasteiger partial charge in [-0.1, -0.05) is 19.1 Å². The minimum atomic E-state index is -1.23. The van der Waals surface area contributed by atoms with Crippen molar-refractivity contribution in [2.45, 2.75) is 90.8 Å².